The molecule has 0 aliphatic carbocycles. The number of aromatic nitrogens is 4. The van der Waals surface area contributed by atoms with Crippen LogP contribution in [0.2, 0.25) is 0 Å². The molecule has 0 saturated heterocycles. The number of hydrogen-bond acceptors (Lipinski definition) is 6. The van der Waals surface area contributed by atoms with E-state index in [1.165, 1.54) is 12.4 Å². The molecule has 0 N–H and O–H groups in total. The van der Waals surface area contributed by atoms with E-state index >= 15 is 0 Å². The van der Waals surface area contributed by atoms with Crippen molar-refractivity contribution in [2.45, 2.75) is 13.0 Å². The lowest BCUT2D eigenvalue weighted by molar-refractivity contribution is 0.0725. The largest absolute Gasteiger partial charge is 0.362 e. The number of rotatable bonds is 3. The summed E-state index contributed by atoms with van der Waals surface area (Å²) in [7, 11) is 3.96. The highest BCUT2D eigenvalue weighted by atomic mass is 16.2. The molecule has 0 bridgehead atoms. The van der Waals surface area contributed by atoms with E-state index in [2.05, 4.69) is 9.97 Å². The van der Waals surface area contributed by atoms with Gasteiger partial charge in [0, 0.05) is 44.2 Å². The minimum atomic E-state index is -0.125. The fourth-order valence-electron chi connectivity index (χ4n) is 3.24. The molecule has 0 atom stereocenters. The van der Waals surface area contributed by atoms with Crippen molar-refractivity contribution in [2.75, 3.05) is 25.5 Å². The molecule has 3 heterocycles. The third kappa shape index (κ3) is 3.36. The van der Waals surface area contributed by atoms with Crippen LogP contribution in [0, 0.1) is 0 Å². The molecule has 0 fully saturated rings. The molecular weight excluding hydrogens is 340 g/mol. The van der Waals surface area contributed by atoms with E-state index in [4.69, 9.17) is 9.97 Å². The summed E-state index contributed by atoms with van der Waals surface area (Å²) in [5.74, 6) is 1.46. The Kier molecular flexibility index (Phi) is 4.50. The Morgan fingerprint density at radius 2 is 1.93 bits per heavy atom. The summed E-state index contributed by atoms with van der Waals surface area (Å²) in [6, 6.07) is 9.89. The number of carbonyl (C=O) groups is 1. The molecule has 1 aliphatic rings. The van der Waals surface area contributed by atoms with E-state index < -0.39 is 0 Å². The van der Waals surface area contributed by atoms with Gasteiger partial charge >= 0.3 is 0 Å². The molecule has 1 aromatic carbocycles. The second kappa shape index (κ2) is 7.11. The quantitative estimate of drug-likeness (QED) is 0.713. The first-order valence-electron chi connectivity index (χ1n) is 8.81. The van der Waals surface area contributed by atoms with Crippen molar-refractivity contribution < 1.29 is 4.79 Å². The maximum Gasteiger partial charge on any atom is 0.274 e. The SMILES string of the molecule is CN(C)c1nc(-c2ccccc2)nc2c1CCN(C(=O)c1cnccn1)C2. The third-order valence-corrected chi connectivity index (χ3v) is 4.57. The van der Waals surface area contributed by atoms with Gasteiger partial charge in [-0.05, 0) is 6.42 Å². The second-order valence-electron chi connectivity index (χ2n) is 6.62. The van der Waals surface area contributed by atoms with Crippen molar-refractivity contribution >= 4 is 11.7 Å². The average molecular weight is 360 g/mol. The number of carbonyl (C=O) groups excluding carboxylic acids is 1. The molecule has 0 saturated carbocycles. The normalized spacial score (nSPS) is 13.2. The van der Waals surface area contributed by atoms with Gasteiger partial charge in [0.15, 0.2) is 5.82 Å². The number of benzene rings is 1. The molecule has 0 spiro atoms. The highest BCUT2D eigenvalue weighted by molar-refractivity contribution is 5.92. The van der Waals surface area contributed by atoms with Gasteiger partial charge in [0.1, 0.15) is 11.5 Å². The van der Waals surface area contributed by atoms with Gasteiger partial charge in [-0.3, -0.25) is 9.78 Å². The third-order valence-electron chi connectivity index (χ3n) is 4.57. The predicted octanol–water partition coefficient (Wildman–Crippen LogP) is 2.20. The molecule has 136 valence electrons. The Hall–Kier alpha value is -3.35. The van der Waals surface area contributed by atoms with Crippen molar-refractivity contribution in [3.8, 4) is 11.4 Å². The Morgan fingerprint density at radius 3 is 2.63 bits per heavy atom. The van der Waals surface area contributed by atoms with E-state index in [9.17, 15) is 4.79 Å². The molecule has 1 amide bonds. The number of anilines is 1. The van der Waals surface area contributed by atoms with Gasteiger partial charge < -0.3 is 9.80 Å². The first-order chi connectivity index (χ1) is 13.1. The Bertz CT molecular complexity index is 959. The van der Waals surface area contributed by atoms with Crippen molar-refractivity contribution in [2.24, 2.45) is 0 Å². The molecule has 3 aromatic rings. The summed E-state index contributed by atoms with van der Waals surface area (Å²) in [6.45, 7) is 1.05. The maximum atomic E-state index is 12.8. The fourth-order valence-corrected chi connectivity index (χ4v) is 3.24. The van der Waals surface area contributed by atoms with Crippen LogP contribution in [-0.4, -0.2) is 51.4 Å². The van der Waals surface area contributed by atoms with E-state index in [0.717, 1.165) is 22.6 Å². The van der Waals surface area contributed by atoms with Gasteiger partial charge in [-0.15, -0.1) is 0 Å². The molecule has 4 rings (SSSR count). The van der Waals surface area contributed by atoms with Crippen LogP contribution < -0.4 is 4.90 Å². The first-order valence-corrected chi connectivity index (χ1v) is 8.81. The van der Waals surface area contributed by atoms with Crippen molar-refractivity contribution in [3.63, 3.8) is 0 Å². The number of fused-ring (bicyclic) bond motifs is 1. The highest BCUT2D eigenvalue weighted by Crippen LogP contribution is 2.28. The number of hydrogen-bond donors (Lipinski definition) is 0. The van der Waals surface area contributed by atoms with Gasteiger partial charge in [0.2, 0.25) is 0 Å². The van der Waals surface area contributed by atoms with E-state index in [1.54, 1.807) is 11.1 Å². The van der Waals surface area contributed by atoms with Gasteiger partial charge in [0.25, 0.3) is 5.91 Å². The minimum Gasteiger partial charge on any atom is -0.362 e. The first kappa shape index (κ1) is 17.1. The molecule has 0 radical (unpaired) electrons. The summed E-state index contributed by atoms with van der Waals surface area (Å²) in [4.78, 5) is 34.2. The summed E-state index contributed by atoms with van der Waals surface area (Å²) < 4.78 is 0. The molecule has 27 heavy (non-hydrogen) atoms. The van der Waals surface area contributed by atoms with Crippen LogP contribution in [0.3, 0.4) is 0 Å². The lowest BCUT2D eigenvalue weighted by atomic mass is 10.0. The minimum absolute atomic E-state index is 0.125. The van der Waals surface area contributed by atoms with Gasteiger partial charge in [0.05, 0.1) is 18.4 Å². The van der Waals surface area contributed by atoms with Crippen LogP contribution in [0.5, 0.6) is 0 Å². The van der Waals surface area contributed by atoms with E-state index in [1.807, 2.05) is 49.3 Å². The predicted molar refractivity (Wildman–Crippen MR) is 102 cm³/mol. The van der Waals surface area contributed by atoms with Gasteiger partial charge in [-0.1, -0.05) is 30.3 Å². The highest BCUT2D eigenvalue weighted by Gasteiger charge is 2.27. The standard InChI is InChI=1S/C20H20N6O/c1-25(2)19-15-8-11-26(20(27)16-12-21-9-10-22-16)13-17(15)23-18(24-19)14-6-4-3-5-7-14/h3-7,9-10,12H,8,11,13H2,1-2H3. The van der Waals surface area contributed by atoms with Crippen LogP contribution in [0.1, 0.15) is 21.7 Å². The molecule has 7 heteroatoms. The van der Waals surface area contributed by atoms with Crippen molar-refractivity contribution in [1.82, 2.24) is 24.8 Å². The van der Waals surface area contributed by atoms with Gasteiger partial charge in [-0.25, -0.2) is 15.0 Å². The zero-order valence-corrected chi connectivity index (χ0v) is 15.3. The van der Waals surface area contributed by atoms with Crippen molar-refractivity contribution in [1.29, 1.82) is 0 Å². The Balaban J connectivity index is 1.71. The maximum absolute atomic E-state index is 12.8. The Morgan fingerprint density at radius 1 is 1.11 bits per heavy atom. The number of amides is 1. The second-order valence-corrected chi connectivity index (χ2v) is 6.62. The monoisotopic (exact) mass is 360 g/mol. The molecule has 0 unspecified atom stereocenters. The fraction of sp³-hybridized carbons (Fsp3) is 0.250. The topological polar surface area (TPSA) is 75.1 Å². The summed E-state index contributed by atoms with van der Waals surface area (Å²) >= 11 is 0. The average Bonchev–Trinajstić information content (AvgIpc) is 2.73. The van der Waals surface area contributed by atoms with Crippen LogP contribution in [0.4, 0.5) is 5.82 Å². The summed E-state index contributed by atoms with van der Waals surface area (Å²) in [5.41, 5.74) is 3.30. The van der Waals surface area contributed by atoms with Crippen molar-refractivity contribution in [3.05, 3.63) is 65.9 Å². The van der Waals surface area contributed by atoms with Gasteiger partial charge in [-0.2, -0.15) is 0 Å². The van der Waals surface area contributed by atoms with E-state index in [-0.39, 0.29) is 5.91 Å². The summed E-state index contributed by atoms with van der Waals surface area (Å²) in [6.07, 6.45) is 5.30. The molecule has 2 aromatic heterocycles. The Labute approximate surface area is 157 Å². The van der Waals surface area contributed by atoms with Crippen LogP contribution in [0.25, 0.3) is 11.4 Å². The molecule has 7 nitrogen and oxygen atoms in total. The zero-order chi connectivity index (χ0) is 18.8. The number of nitrogens with zero attached hydrogens (tertiary/aromatic N) is 6. The summed E-state index contributed by atoms with van der Waals surface area (Å²) in [5, 5.41) is 0. The lowest BCUT2D eigenvalue weighted by Crippen LogP contribution is -2.38. The molecular formula is C20H20N6O. The van der Waals surface area contributed by atoms with Crippen LogP contribution >= 0.6 is 0 Å². The van der Waals surface area contributed by atoms with Crippen LogP contribution in [0.15, 0.2) is 48.9 Å². The smallest absolute Gasteiger partial charge is 0.274 e. The zero-order valence-electron chi connectivity index (χ0n) is 15.3. The van der Waals surface area contributed by atoms with Crippen LogP contribution in [-0.2, 0) is 13.0 Å². The molecule has 1 aliphatic heterocycles. The van der Waals surface area contributed by atoms with E-state index in [0.29, 0.717) is 31.0 Å². The lowest BCUT2D eigenvalue weighted by Gasteiger charge is -2.30.